The zero-order chi connectivity index (χ0) is 14.9. The molecule has 0 aliphatic rings. The van der Waals surface area contributed by atoms with Gasteiger partial charge in [0.15, 0.2) is 0 Å². The summed E-state index contributed by atoms with van der Waals surface area (Å²) >= 11 is 11.9. The van der Waals surface area contributed by atoms with Gasteiger partial charge in [0.2, 0.25) is 0 Å². The van der Waals surface area contributed by atoms with Gasteiger partial charge in [-0.1, -0.05) is 11.6 Å². The Kier molecular flexibility index (Phi) is 4.78. The number of hydrogen-bond donors (Lipinski definition) is 1. The molecule has 0 aliphatic heterocycles. The number of anilines is 1. The van der Waals surface area contributed by atoms with Gasteiger partial charge in [0.1, 0.15) is 11.6 Å². The van der Waals surface area contributed by atoms with Gasteiger partial charge in [0, 0.05) is 16.1 Å². The fourth-order valence-corrected chi connectivity index (χ4v) is 2.29. The van der Waals surface area contributed by atoms with E-state index in [0.29, 0.717) is 21.1 Å². The molecule has 0 saturated heterocycles. The minimum atomic E-state index is -0.855. The van der Waals surface area contributed by atoms with Gasteiger partial charge in [-0.25, -0.2) is 8.78 Å². The predicted octanol–water partition coefficient (Wildman–Crippen LogP) is 5.40. The van der Waals surface area contributed by atoms with Crippen LogP contribution in [0.4, 0.5) is 14.5 Å². The molecule has 1 N–H and O–H groups in total. The number of halogens is 5. The van der Waals surface area contributed by atoms with Gasteiger partial charge >= 0.3 is 0 Å². The maximum Gasteiger partial charge on any atom is 0.255 e. The Balaban J connectivity index is 2.27. The number of rotatable bonds is 2. The van der Waals surface area contributed by atoms with Crippen molar-refractivity contribution >= 4 is 55.1 Å². The van der Waals surface area contributed by atoms with Crippen LogP contribution in [0.3, 0.4) is 0 Å². The zero-order valence-electron chi connectivity index (χ0n) is 9.68. The van der Waals surface area contributed by atoms with Crippen LogP contribution in [-0.4, -0.2) is 5.91 Å². The molecule has 20 heavy (non-hydrogen) atoms. The molecule has 7 heteroatoms. The van der Waals surface area contributed by atoms with Crippen LogP contribution in [0, 0.1) is 11.6 Å². The van der Waals surface area contributed by atoms with Crippen LogP contribution in [0.25, 0.3) is 0 Å². The van der Waals surface area contributed by atoms with E-state index in [0.717, 1.165) is 6.07 Å². The Morgan fingerprint density at radius 3 is 2.40 bits per heavy atom. The van der Waals surface area contributed by atoms with Gasteiger partial charge in [-0.05, 0) is 56.1 Å². The molecule has 2 rings (SSSR count). The van der Waals surface area contributed by atoms with Crippen LogP contribution in [0.2, 0.25) is 5.02 Å². The normalized spacial score (nSPS) is 10.4. The Morgan fingerprint density at radius 1 is 1.05 bits per heavy atom. The van der Waals surface area contributed by atoms with Crippen molar-refractivity contribution in [3.05, 3.63) is 61.5 Å². The van der Waals surface area contributed by atoms with Gasteiger partial charge in [-0.15, -0.1) is 0 Å². The van der Waals surface area contributed by atoms with E-state index in [9.17, 15) is 13.6 Å². The summed E-state index contributed by atoms with van der Waals surface area (Å²) < 4.78 is 27.3. The van der Waals surface area contributed by atoms with Crippen molar-refractivity contribution < 1.29 is 13.6 Å². The van der Waals surface area contributed by atoms with Crippen molar-refractivity contribution in [2.24, 2.45) is 0 Å². The fraction of sp³-hybridized carbons (Fsp3) is 0. The zero-order valence-corrected chi connectivity index (χ0v) is 13.6. The lowest BCUT2D eigenvalue weighted by Gasteiger charge is -2.08. The third-order valence-corrected chi connectivity index (χ3v) is 4.26. The van der Waals surface area contributed by atoms with E-state index in [1.807, 2.05) is 0 Å². The minimum Gasteiger partial charge on any atom is -0.319 e. The first-order valence-corrected chi connectivity index (χ1v) is 7.26. The molecular weight excluding hydrogens is 419 g/mol. The van der Waals surface area contributed by atoms with Crippen LogP contribution in [-0.2, 0) is 0 Å². The topological polar surface area (TPSA) is 29.1 Å². The van der Waals surface area contributed by atoms with Gasteiger partial charge in [-0.2, -0.15) is 0 Å². The van der Waals surface area contributed by atoms with E-state index in [4.69, 9.17) is 11.6 Å². The summed E-state index contributed by atoms with van der Waals surface area (Å²) in [5.41, 5.74) is 0.176. The molecule has 0 unspecified atom stereocenters. The van der Waals surface area contributed by atoms with E-state index < -0.39 is 17.5 Å². The molecule has 0 saturated carbocycles. The summed E-state index contributed by atoms with van der Waals surface area (Å²) in [5, 5.41) is 2.82. The Hall–Kier alpha value is -0.980. The molecule has 0 fully saturated rings. The largest absolute Gasteiger partial charge is 0.319 e. The summed E-state index contributed by atoms with van der Waals surface area (Å²) in [6, 6.07) is 6.40. The van der Waals surface area contributed by atoms with Gasteiger partial charge < -0.3 is 5.32 Å². The smallest absolute Gasteiger partial charge is 0.255 e. The standard InChI is InChI=1S/C13H6Br2ClF2NO/c14-7-3-6(1-2-9(7)16)13(20)19-12-4-8(15)10(17)5-11(12)18/h1-5H,(H,19,20). The molecule has 0 atom stereocenters. The van der Waals surface area contributed by atoms with E-state index in [1.165, 1.54) is 18.2 Å². The molecule has 2 aromatic rings. The Morgan fingerprint density at radius 2 is 1.75 bits per heavy atom. The van der Waals surface area contributed by atoms with Crippen molar-refractivity contribution in [1.29, 1.82) is 0 Å². The van der Waals surface area contributed by atoms with Crippen LogP contribution in [0.5, 0.6) is 0 Å². The van der Waals surface area contributed by atoms with E-state index >= 15 is 0 Å². The average molecular weight is 425 g/mol. The summed E-state index contributed by atoms with van der Waals surface area (Å²) in [6.45, 7) is 0. The summed E-state index contributed by atoms with van der Waals surface area (Å²) in [7, 11) is 0. The van der Waals surface area contributed by atoms with Crippen molar-refractivity contribution in [2.75, 3.05) is 5.32 Å². The predicted molar refractivity (Wildman–Crippen MR) is 81.2 cm³/mol. The molecule has 104 valence electrons. The molecule has 2 nitrogen and oxygen atoms in total. The molecule has 0 spiro atoms. The first-order valence-electron chi connectivity index (χ1n) is 5.29. The molecular formula is C13H6Br2ClF2NO. The maximum absolute atomic E-state index is 13.5. The molecule has 0 heterocycles. The summed E-state index contributed by atoms with van der Waals surface area (Å²) in [6.07, 6.45) is 0. The molecule has 0 aliphatic carbocycles. The number of nitrogens with one attached hydrogen (secondary N) is 1. The number of carbonyl (C=O) groups excluding carboxylic acids is 1. The second kappa shape index (κ2) is 6.20. The first-order chi connectivity index (χ1) is 9.38. The lowest BCUT2D eigenvalue weighted by atomic mass is 10.2. The number of carbonyl (C=O) groups is 1. The van der Waals surface area contributed by atoms with Crippen LogP contribution in [0.15, 0.2) is 39.3 Å². The van der Waals surface area contributed by atoms with E-state index in [-0.39, 0.29) is 10.2 Å². The maximum atomic E-state index is 13.5. The molecule has 0 radical (unpaired) electrons. The van der Waals surface area contributed by atoms with Crippen molar-refractivity contribution in [3.63, 3.8) is 0 Å². The first kappa shape index (κ1) is 15.4. The molecule has 0 bridgehead atoms. The van der Waals surface area contributed by atoms with E-state index in [2.05, 4.69) is 37.2 Å². The van der Waals surface area contributed by atoms with Crippen molar-refractivity contribution in [2.45, 2.75) is 0 Å². The second-order valence-electron chi connectivity index (χ2n) is 3.83. The quantitative estimate of drug-likeness (QED) is 0.642. The fourth-order valence-electron chi connectivity index (χ4n) is 1.45. The third kappa shape index (κ3) is 3.37. The van der Waals surface area contributed by atoms with Crippen LogP contribution < -0.4 is 5.32 Å². The lowest BCUT2D eigenvalue weighted by Crippen LogP contribution is -2.13. The van der Waals surface area contributed by atoms with Crippen molar-refractivity contribution in [3.8, 4) is 0 Å². The molecule has 0 aromatic heterocycles. The Bertz CT molecular complexity index is 694. The van der Waals surface area contributed by atoms with Gasteiger partial charge in [0.25, 0.3) is 5.91 Å². The van der Waals surface area contributed by atoms with Gasteiger partial charge in [0.05, 0.1) is 15.2 Å². The highest BCUT2D eigenvalue weighted by atomic mass is 79.9. The highest BCUT2D eigenvalue weighted by Crippen LogP contribution is 2.26. The SMILES string of the molecule is O=C(Nc1cc(Br)c(F)cc1F)c1ccc(Cl)c(Br)c1. The van der Waals surface area contributed by atoms with E-state index in [1.54, 1.807) is 0 Å². The number of benzene rings is 2. The minimum absolute atomic E-state index is 0.0616. The molecule has 1 amide bonds. The lowest BCUT2D eigenvalue weighted by molar-refractivity contribution is 0.102. The summed E-state index contributed by atoms with van der Waals surface area (Å²) in [4.78, 5) is 12.0. The van der Waals surface area contributed by atoms with Gasteiger partial charge in [-0.3, -0.25) is 4.79 Å². The third-order valence-electron chi connectivity index (χ3n) is 2.44. The number of hydrogen-bond acceptors (Lipinski definition) is 1. The highest BCUT2D eigenvalue weighted by molar-refractivity contribution is 9.10. The molecule has 2 aromatic carbocycles. The monoisotopic (exact) mass is 423 g/mol. The van der Waals surface area contributed by atoms with Crippen LogP contribution >= 0.6 is 43.5 Å². The Labute approximate surface area is 135 Å². The second-order valence-corrected chi connectivity index (χ2v) is 5.95. The van der Waals surface area contributed by atoms with Crippen molar-refractivity contribution in [1.82, 2.24) is 0 Å². The number of amides is 1. The van der Waals surface area contributed by atoms with Crippen LogP contribution in [0.1, 0.15) is 10.4 Å². The average Bonchev–Trinajstić information content (AvgIpc) is 2.39. The summed E-state index contributed by atoms with van der Waals surface area (Å²) in [5.74, 6) is -2.12. The highest BCUT2D eigenvalue weighted by Gasteiger charge is 2.13.